The van der Waals surface area contributed by atoms with Crippen LogP contribution in [-0.2, 0) is 17.8 Å². The first-order chi connectivity index (χ1) is 14.7. The van der Waals surface area contributed by atoms with Crippen LogP contribution in [0, 0.1) is 5.82 Å². The van der Waals surface area contributed by atoms with E-state index < -0.39 is 0 Å². The molecule has 1 aliphatic heterocycles. The third kappa shape index (κ3) is 3.36. The van der Waals surface area contributed by atoms with E-state index in [1.165, 1.54) is 11.6 Å². The van der Waals surface area contributed by atoms with E-state index in [9.17, 15) is 9.18 Å². The Bertz CT molecular complexity index is 1200. The molecule has 1 atom stereocenters. The largest absolute Gasteiger partial charge is 0.327 e. The number of para-hydroxylation sites is 3. The van der Waals surface area contributed by atoms with Gasteiger partial charge in [-0.3, -0.25) is 4.79 Å². The summed E-state index contributed by atoms with van der Waals surface area (Å²) in [5, 5.41) is 0. The van der Waals surface area contributed by atoms with Crippen LogP contribution in [0.4, 0.5) is 10.1 Å². The summed E-state index contributed by atoms with van der Waals surface area (Å²) in [6, 6.07) is 24.9. The van der Waals surface area contributed by atoms with Gasteiger partial charge in [0.25, 0.3) is 0 Å². The summed E-state index contributed by atoms with van der Waals surface area (Å²) in [5.41, 5.74) is 3.60. The maximum atomic E-state index is 14.3. The number of aromatic nitrogens is 2. The highest BCUT2D eigenvalue weighted by atomic mass is 19.1. The van der Waals surface area contributed by atoms with Crippen molar-refractivity contribution >= 4 is 22.6 Å². The molecular formula is C25H22FN3O. The summed E-state index contributed by atoms with van der Waals surface area (Å²) in [5.74, 6) is 0.399. The van der Waals surface area contributed by atoms with E-state index in [1.807, 2.05) is 36.4 Å². The van der Waals surface area contributed by atoms with E-state index in [2.05, 4.69) is 22.8 Å². The minimum Gasteiger partial charge on any atom is -0.327 e. The molecule has 30 heavy (non-hydrogen) atoms. The first-order valence-electron chi connectivity index (χ1n) is 10.2. The number of hydrogen-bond donors (Lipinski definition) is 0. The molecule has 1 aromatic heterocycles. The lowest BCUT2D eigenvalue weighted by atomic mass is 10.1. The van der Waals surface area contributed by atoms with Crippen molar-refractivity contribution < 1.29 is 9.18 Å². The van der Waals surface area contributed by atoms with Gasteiger partial charge in [-0.2, -0.15) is 0 Å². The van der Waals surface area contributed by atoms with Crippen LogP contribution in [0.5, 0.6) is 0 Å². The van der Waals surface area contributed by atoms with Crippen molar-refractivity contribution in [2.24, 2.45) is 0 Å². The summed E-state index contributed by atoms with van der Waals surface area (Å²) in [7, 11) is 0. The number of amides is 1. The second-order valence-electron chi connectivity index (χ2n) is 7.70. The fourth-order valence-electron chi connectivity index (χ4n) is 4.31. The number of aryl methyl sites for hydroxylation is 2. The Morgan fingerprint density at radius 2 is 1.67 bits per heavy atom. The molecule has 4 aromatic rings. The minimum absolute atomic E-state index is 0.0632. The van der Waals surface area contributed by atoms with Crippen molar-refractivity contribution in [1.82, 2.24) is 9.55 Å². The van der Waals surface area contributed by atoms with Crippen molar-refractivity contribution in [2.75, 3.05) is 11.4 Å². The molecule has 5 heteroatoms. The van der Waals surface area contributed by atoms with Crippen LogP contribution < -0.4 is 4.90 Å². The van der Waals surface area contributed by atoms with Crippen LogP contribution in [0.15, 0.2) is 78.9 Å². The second kappa shape index (κ2) is 7.75. The van der Waals surface area contributed by atoms with Crippen LogP contribution in [0.1, 0.15) is 23.7 Å². The highest BCUT2D eigenvalue weighted by Crippen LogP contribution is 2.34. The quantitative estimate of drug-likeness (QED) is 0.477. The van der Waals surface area contributed by atoms with Gasteiger partial charge in [-0.1, -0.05) is 54.6 Å². The van der Waals surface area contributed by atoms with E-state index in [4.69, 9.17) is 4.98 Å². The van der Waals surface area contributed by atoms with E-state index in [0.29, 0.717) is 18.7 Å². The van der Waals surface area contributed by atoms with Crippen LogP contribution in [0.25, 0.3) is 11.0 Å². The average molecular weight is 399 g/mol. The molecule has 0 spiro atoms. The van der Waals surface area contributed by atoms with Gasteiger partial charge in [0.2, 0.25) is 5.91 Å². The molecule has 1 aliphatic rings. The summed E-state index contributed by atoms with van der Waals surface area (Å²) < 4.78 is 16.5. The van der Waals surface area contributed by atoms with Crippen LogP contribution in [0.2, 0.25) is 0 Å². The molecule has 5 rings (SSSR count). The summed E-state index contributed by atoms with van der Waals surface area (Å²) in [6.07, 6.45) is 1.22. The Balaban J connectivity index is 1.48. The van der Waals surface area contributed by atoms with Gasteiger partial charge in [-0.15, -0.1) is 0 Å². The van der Waals surface area contributed by atoms with E-state index in [0.717, 1.165) is 29.8 Å². The predicted octanol–water partition coefficient (Wildman–Crippen LogP) is 4.94. The van der Waals surface area contributed by atoms with Gasteiger partial charge in [0.15, 0.2) is 0 Å². The fraction of sp³-hybridized carbons (Fsp3) is 0.200. The summed E-state index contributed by atoms with van der Waals surface area (Å²) >= 11 is 0. The van der Waals surface area contributed by atoms with E-state index in [-0.39, 0.29) is 17.6 Å². The number of hydrogen-bond acceptors (Lipinski definition) is 2. The fourth-order valence-corrected chi connectivity index (χ4v) is 4.31. The molecule has 150 valence electrons. The maximum Gasteiger partial charge on any atom is 0.227 e. The number of fused-ring (bicyclic) bond motifs is 1. The van der Waals surface area contributed by atoms with Crippen molar-refractivity contribution in [1.29, 1.82) is 0 Å². The number of anilines is 1. The zero-order valence-corrected chi connectivity index (χ0v) is 16.5. The number of carbonyl (C=O) groups is 1. The monoisotopic (exact) mass is 399 g/mol. The van der Waals surface area contributed by atoms with Gasteiger partial charge in [-0.05, 0) is 36.2 Å². The zero-order valence-electron chi connectivity index (χ0n) is 16.5. The molecule has 0 aliphatic carbocycles. The average Bonchev–Trinajstić information content (AvgIpc) is 3.34. The molecule has 1 saturated heterocycles. The standard InChI is InChI=1S/C25H22FN3O/c26-20-10-4-6-12-22(20)29-17-19(16-24(29)30)25-27-21-11-5-7-13-23(21)28(25)15-14-18-8-2-1-3-9-18/h1-13,19H,14-17H2/t19-/m1/s1. The molecular weight excluding hydrogens is 377 g/mol. The maximum absolute atomic E-state index is 14.3. The molecule has 3 aromatic carbocycles. The third-order valence-corrected chi connectivity index (χ3v) is 5.78. The summed E-state index contributed by atoms with van der Waals surface area (Å²) in [4.78, 5) is 19.2. The number of carbonyl (C=O) groups excluding carboxylic acids is 1. The third-order valence-electron chi connectivity index (χ3n) is 5.78. The van der Waals surface area contributed by atoms with Gasteiger partial charge in [-0.25, -0.2) is 9.37 Å². The van der Waals surface area contributed by atoms with Crippen molar-refractivity contribution in [2.45, 2.75) is 25.3 Å². The van der Waals surface area contributed by atoms with Crippen LogP contribution >= 0.6 is 0 Å². The van der Waals surface area contributed by atoms with Crippen LogP contribution in [-0.4, -0.2) is 22.0 Å². The Morgan fingerprint density at radius 3 is 2.50 bits per heavy atom. The smallest absolute Gasteiger partial charge is 0.227 e. The molecule has 2 heterocycles. The first kappa shape index (κ1) is 18.6. The van der Waals surface area contributed by atoms with Crippen molar-refractivity contribution in [3.63, 3.8) is 0 Å². The van der Waals surface area contributed by atoms with E-state index >= 15 is 0 Å². The first-order valence-corrected chi connectivity index (χ1v) is 10.2. The normalized spacial score (nSPS) is 16.5. The molecule has 0 N–H and O–H groups in total. The lowest BCUT2D eigenvalue weighted by Gasteiger charge is -2.18. The highest BCUT2D eigenvalue weighted by molar-refractivity contribution is 5.96. The Kier molecular flexibility index (Phi) is 4.79. The Hall–Kier alpha value is -3.47. The molecule has 1 fully saturated rings. The lowest BCUT2D eigenvalue weighted by molar-refractivity contribution is -0.117. The molecule has 1 amide bonds. The van der Waals surface area contributed by atoms with Crippen molar-refractivity contribution in [3.8, 4) is 0 Å². The number of nitrogens with zero attached hydrogens (tertiary/aromatic N) is 3. The highest BCUT2D eigenvalue weighted by Gasteiger charge is 2.35. The Morgan fingerprint density at radius 1 is 0.933 bits per heavy atom. The van der Waals surface area contributed by atoms with Gasteiger partial charge < -0.3 is 9.47 Å². The predicted molar refractivity (Wildman–Crippen MR) is 116 cm³/mol. The lowest BCUT2D eigenvalue weighted by Crippen LogP contribution is -2.25. The van der Waals surface area contributed by atoms with Gasteiger partial charge >= 0.3 is 0 Å². The number of benzene rings is 3. The number of rotatable bonds is 5. The SMILES string of the molecule is O=C1C[C@@H](c2nc3ccccc3n2CCc2ccccc2)CN1c1ccccc1F. The van der Waals surface area contributed by atoms with E-state index in [1.54, 1.807) is 23.1 Å². The zero-order chi connectivity index (χ0) is 20.5. The minimum atomic E-state index is -0.371. The molecule has 0 radical (unpaired) electrons. The molecule has 0 saturated carbocycles. The summed E-state index contributed by atoms with van der Waals surface area (Å²) in [6.45, 7) is 1.22. The van der Waals surface area contributed by atoms with Crippen molar-refractivity contribution in [3.05, 3.63) is 96.1 Å². The van der Waals surface area contributed by atoms with Gasteiger partial charge in [0, 0.05) is 25.4 Å². The topological polar surface area (TPSA) is 38.1 Å². The molecule has 0 bridgehead atoms. The van der Waals surface area contributed by atoms with Crippen LogP contribution in [0.3, 0.4) is 0 Å². The number of halogens is 1. The second-order valence-corrected chi connectivity index (χ2v) is 7.70. The molecule has 0 unspecified atom stereocenters. The Labute approximate surface area is 174 Å². The molecule has 4 nitrogen and oxygen atoms in total. The number of imidazole rings is 1. The van der Waals surface area contributed by atoms with Gasteiger partial charge in [0.05, 0.1) is 16.7 Å². The van der Waals surface area contributed by atoms with Gasteiger partial charge in [0.1, 0.15) is 11.6 Å².